The standard InChI is InChI=1S/C10H14ClN3O/c1-7(6-12-2)10(15)14-9-5-3-4-8(11)13-9/h3-5,7,12H,6H2,1-2H3,(H,13,14,15). The highest BCUT2D eigenvalue weighted by molar-refractivity contribution is 6.29. The van der Waals surface area contributed by atoms with Crippen molar-refractivity contribution in [3.05, 3.63) is 23.4 Å². The third-order valence-corrected chi connectivity index (χ3v) is 2.13. The minimum Gasteiger partial charge on any atom is -0.319 e. The Morgan fingerprint density at radius 1 is 1.60 bits per heavy atom. The Labute approximate surface area is 94.0 Å². The lowest BCUT2D eigenvalue weighted by atomic mass is 10.1. The number of nitrogens with zero attached hydrogens (tertiary/aromatic N) is 1. The lowest BCUT2D eigenvalue weighted by Gasteiger charge is -2.10. The maximum Gasteiger partial charge on any atom is 0.229 e. The summed E-state index contributed by atoms with van der Waals surface area (Å²) in [6, 6.07) is 5.11. The normalized spacial score (nSPS) is 12.2. The summed E-state index contributed by atoms with van der Waals surface area (Å²) in [5, 5.41) is 6.00. The zero-order valence-electron chi connectivity index (χ0n) is 8.75. The Hall–Kier alpha value is -1.13. The van der Waals surface area contributed by atoms with Gasteiger partial charge in [0.1, 0.15) is 11.0 Å². The molecule has 0 spiro atoms. The number of carbonyl (C=O) groups is 1. The van der Waals surface area contributed by atoms with Gasteiger partial charge >= 0.3 is 0 Å². The first-order valence-electron chi connectivity index (χ1n) is 4.71. The van der Waals surface area contributed by atoms with Crippen LogP contribution in [-0.2, 0) is 4.79 Å². The van der Waals surface area contributed by atoms with Gasteiger partial charge in [0.05, 0.1) is 0 Å². The molecule has 5 heteroatoms. The molecule has 1 amide bonds. The number of hydrogen-bond acceptors (Lipinski definition) is 3. The zero-order chi connectivity index (χ0) is 11.3. The summed E-state index contributed by atoms with van der Waals surface area (Å²) in [5.74, 6) is 0.311. The summed E-state index contributed by atoms with van der Waals surface area (Å²) in [7, 11) is 1.81. The van der Waals surface area contributed by atoms with Crippen molar-refractivity contribution in [2.75, 3.05) is 18.9 Å². The summed E-state index contributed by atoms with van der Waals surface area (Å²) in [4.78, 5) is 15.5. The predicted molar refractivity (Wildman–Crippen MR) is 61.0 cm³/mol. The summed E-state index contributed by atoms with van der Waals surface area (Å²) in [6.45, 7) is 2.47. The molecule has 2 N–H and O–H groups in total. The van der Waals surface area contributed by atoms with E-state index in [1.807, 2.05) is 6.92 Å². The van der Waals surface area contributed by atoms with Crippen molar-refractivity contribution in [2.45, 2.75) is 6.92 Å². The van der Waals surface area contributed by atoms with E-state index in [0.717, 1.165) is 0 Å². The van der Waals surface area contributed by atoms with E-state index in [9.17, 15) is 4.79 Å². The first-order valence-corrected chi connectivity index (χ1v) is 5.09. The third-order valence-electron chi connectivity index (χ3n) is 1.92. The fraction of sp³-hybridized carbons (Fsp3) is 0.400. The van der Waals surface area contributed by atoms with Gasteiger partial charge < -0.3 is 10.6 Å². The fourth-order valence-electron chi connectivity index (χ4n) is 1.13. The van der Waals surface area contributed by atoms with Gasteiger partial charge in [0.2, 0.25) is 5.91 Å². The monoisotopic (exact) mass is 227 g/mol. The van der Waals surface area contributed by atoms with Gasteiger partial charge in [-0.05, 0) is 19.2 Å². The Morgan fingerprint density at radius 3 is 2.93 bits per heavy atom. The average molecular weight is 228 g/mol. The number of anilines is 1. The van der Waals surface area contributed by atoms with E-state index in [1.165, 1.54) is 0 Å². The highest BCUT2D eigenvalue weighted by atomic mass is 35.5. The molecule has 1 unspecified atom stereocenters. The van der Waals surface area contributed by atoms with E-state index in [-0.39, 0.29) is 11.8 Å². The van der Waals surface area contributed by atoms with E-state index in [2.05, 4.69) is 15.6 Å². The minimum absolute atomic E-state index is 0.0703. The quantitative estimate of drug-likeness (QED) is 0.767. The molecule has 0 saturated carbocycles. The molecular weight excluding hydrogens is 214 g/mol. The van der Waals surface area contributed by atoms with Gasteiger partial charge in [-0.25, -0.2) is 4.98 Å². The Bertz CT molecular complexity index is 343. The number of pyridine rings is 1. The molecule has 0 bridgehead atoms. The van der Waals surface area contributed by atoms with Crippen molar-refractivity contribution >= 4 is 23.3 Å². The predicted octanol–water partition coefficient (Wildman–Crippen LogP) is 1.53. The summed E-state index contributed by atoms with van der Waals surface area (Å²) < 4.78 is 0. The molecule has 1 heterocycles. The van der Waals surface area contributed by atoms with Crippen LogP contribution in [0.2, 0.25) is 5.15 Å². The van der Waals surface area contributed by atoms with Gasteiger partial charge in [-0.3, -0.25) is 4.79 Å². The van der Waals surface area contributed by atoms with Gasteiger partial charge in [-0.15, -0.1) is 0 Å². The third kappa shape index (κ3) is 3.85. The number of amides is 1. The summed E-state index contributed by atoms with van der Waals surface area (Å²) in [5.41, 5.74) is 0. The Balaban J connectivity index is 2.58. The number of nitrogens with one attached hydrogen (secondary N) is 2. The van der Waals surface area contributed by atoms with E-state index < -0.39 is 0 Å². The van der Waals surface area contributed by atoms with Crippen molar-refractivity contribution in [1.29, 1.82) is 0 Å². The second-order valence-corrected chi connectivity index (χ2v) is 3.68. The van der Waals surface area contributed by atoms with Crippen LogP contribution in [-0.4, -0.2) is 24.5 Å². The minimum atomic E-state index is -0.101. The van der Waals surface area contributed by atoms with Crippen LogP contribution >= 0.6 is 11.6 Å². The summed E-state index contributed by atoms with van der Waals surface area (Å²) >= 11 is 5.69. The van der Waals surface area contributed by atoms with Gasteiger partial charge in [-0.2, -0.15) is 0 Å². The van der Waals surface area contributed by atoms with Crippen LogP contribution in [0.25, 0.3) is 0 Å². The highest BCUT2D eigenvalue weighted by Gasteiger charge is 2.12. The number of aromatic nitrogens is 1. The molecule has 0 radical (unpaired) electrons. The van der Waals surface area contributed by atoms with Crippen LogP contribution in [0.5, 0.6) is 0 Å². The van der Waals surface area contributed by atoms with Crippen molar-refractivity contribution in [1.82, 2.24) is 10.3 Å². The largest absolute Gasteiger partial charge is 0.319 e. The van der Waals surface area contributed by atoms with Gasteiger partial charge in [-0.1, -0.05) is 24.6 Å². The molecular formula is C10H14ClN3O. The van der Waals surface area contributed by atoms with E-state index in [1.54, 1.807) is 25.2 Å². The average Bonchev–Trinajstić information content (AvgIpc) is 2.18. The van der Waals surface area contributed by atoms with Gasteiger partial charge in [0.25, 0.3) is 0 Å². The van der Waals surface area contributed by atoms with Crippen LogP contribution in [0.15, 0.2) is 18.2 Å². The van der Waals surface area contributed by atoms with Crippen molar-refractivity contribution < 1.29 is 4.79 Å². The zero-order valence-corrected chi connectivity index (χ0v) is 9.51. The number of halogens is 1. The molecule has 1 rings (SSSR count). The maximum atomic E-state index is 11.6. The van der Waals surface area contributed by atoms with Crippen LogP contribution in [0.4, 0.5) is 5.82 Å². The van der Waals surface area contributed by atoms with E-state index >= 15 is 0 Å². The number of rotatable bonds is 4. The molecule has 1 aromatic rings. The molecule has 0 saturated heterocycles. The fourth-order valence-corrected chi connectivity index (χ4v) is 1.29. The Kier molecular flexibility index (Phi) is 4.52. The van der Waals surface area contributed by atoms with Crippen LogP contribution in [0.3, 0.4) is 0 Å². The Morgan fingerprint density at radius 2 is 2.33 bits per heavy atom. The lowest BCUT2D eigenvalue weighted by Crippen LogP contribution is -2.28. The molecule has 4 nitrogen and oxygen atoms in total. The SMILES string of the molecule is CNCC(C)C(=O)Nc1cccc(Cl)n1. The lowest BCUT2D eigenvalue weighted by molar-refractivity contribution is -0.119. The van der Waals surface area contributed by atoms with Crippen LogP contribution in [0, 0.1) is 5.92 Å². The van der Waals surface area contributed by atoms with Crippen molar-refractivity contribution in [2.24, 2.45) is 5.92 Å². The van der Waals surface area contributed by atoms with Crippen LogP contribution in [0.1, 0.15) is 6.92 Å². The highest BCUT2D eigenvalue weighted by Crippen LogP contribution is 2.10. The molecule has 0 aromatic carbocycles. The number of hydrogen-bond donors (Lipinski definition) is 2. The molecule has 0 aliphatic carbocycles. The first-order chi connectivity index (χ1) is 7.13. The van der Waals surface area contributed by atoms with E-state index in [4.69, 9.17) is 11.6 Å². The molecule has 15 heavy (non-hydrogen) atoms. The molecule has 1 aromatic heterocycles. The van der Waals surface area contributed by atoms with Crippen molar-refractivity contribution in [3.8, 4) is 0 Å². The molecule has 82 valence electrons. The van der Waals surface area contributed by atoms with Gasteiger partial charge in [0, 0.05) is 12.5 Å². The first kappa shape index (κ1) is 11.9. The van der Waals surface area contributed by atoms with Crippen molar-refractivity contribution in [3.63, 3.8) is 0 Å². The molecule has 1 atom stereocenters. The molecule has 0 aliphatic rings. The maximum absolute atomic E-state index is 11.6. The summed E-state index contributed by atoms with van der Waals surface area (Å²) in [6.07, 6.45) is 0. The van der Waals surface area contributed by atoms with Crippen LogP contribution < -0.4 is 10.6 Å². The van der Waals surface area contributed by atoms with Gasteiger partial charge in [0.15, 0.2) is 0 Å². The number of carbonyl (C=O) groups excluding carboxylic acids is 1. The molecule has 0 fully saturated rings. The molecule has 0 aliphatic heterocycles. The second-order valence-electron chi connectivity index (χ2n) is 3.29. The smallest absolute Gasteiger partial charge is 0.229 e. The second kappa shape index (κ2) is 5.68. The van der Waals surface area contributed by atoms with E-state index in [0.29, 0.717) is 17.5 Å². The topological polar surface area (TPSA) is 54.0 Å².